The molecule has 1 heterocycles. The number of fused-ring (bicyclic) bond motifs is 1. The van der Waals surface area contributed by atoms with Crippen molar-refractivity contribution in [3.8, 4) is 5.75 Å². The maximum atomic E-state index is 9.79. The number of phenols is 1. The number of nitrogens with two attached hydrogens (primary N) is 1. The van der Waals surface area contributed by atoms with E-state index in [0.29, 0.717) is 5.75 Å². The van der Waals surface area contributed by atoms with Crippen LogP contribution < -0.4 is 10.6 Å². The smallest absolute Gasteiger partial charge is 0.121 e. The molecule has 14 heavy (non-hydrogen) atoms. The zero-order valence-corrected chi connectivity index (χ0v) is 8.57. The highest BCUT2D eigenvalue weighted by molar-refractivity contribution is 5.64. The van der Waals surface area contributed by atoms with Crippen molar-refractivity contribution in [2.24, 2.45) is 5.73 Å². The van der Waals surface area contributed by atoms with Gasteiger partial charge in [0.15, 0.2) is 0 Å². The van der Waals surface area contributed by atoms with Gasteiger partial charge in [-0.05, 0) is 19.1 Å². The number of rotatable bonds is 1. The molecule has 0 bridgehead atoms. The minimum Gasteiger partial charge on any atom is -0.508 e. The third kappa shape index (κ3) is 1.24. The van der Waals surface area contributed by atoms with E-state index >= 15 is 0 Å². The lowest BCUT2D eigenvalue weighted by Gasteiger charge is -2.15. The second-order valence-electron chi connectivity index (χ2n) is 4.06. The van der Waals surface area contributed by atoms with Crippen LogP contribution in [0.5, 0.6) is 5.75 Å². The van der Waals surface area contributed by atoms with Gasteiger partial charge in [-0.2, -0.15) is 0 Å². The summed E-state index contributed by atoms with van der Waals surface area (Å²) < 4.78 is 0. The molecule has 0 saturated carbocycles. The van der Waals surface area contributed by atoms with Gasteiger partial charge < -0.3 is 15.7 Å². The van der Waals surface area contributed by atoms with Crippen LogP contribution in [-0.2, 0) is 0 Å². The van der Waals surface area contributed by atoms with Gasteiger partial charge in [0, 0.05) is 36.8 Å². The van der Waals surface area contributed by atoms with Crippen LogP contribution in [0.25, 0.3) is 0 Å². The molecule has 2 atom stereocenters. The molecular formula is C11H16N2O. The topological polar surface area (TPSA) is 49.5 Å². The van der Waals surface area contributed by atoms with Crippen molar-refractivity contribution < 1.29 is 5.11 Å². The predicted octanol–water partition coefficient (Wildman–Crippen LogP) is 1.27. The van der Waals surface area contributed by atoms with Crippen LogP contribution in [-0.4, -0.2) is 24.7 Å². The zero-order valence-electron chi connectivity index (χ0n) is 8.57. The van der Waals surface area contributed by atoms with E-state index < -0.39 is 0 Å². The minimum absolute atomic E-state index is 0.0759. The molecule has 0 aromatic heterocycles. The number of aromatic hydroxyl groups is 1. The maximum absolute atomic E-state index is 9.79. The van der Waals surface area contributed by atoms with E-state index in [0.717, 1.165) is 17.8 Å². The maximum Gasteiger partial charge on any atom is 0.121 e. The summed E-state index contributed by atoms with van der Waals surface area (Å²) >= 11 is 0. The Balaban J connectivity index is 2.51. The Hall–Kier alpha value is -1.22. The van der Waals surface area contributed by atoms with E-state index in [1.54, 1.807) is 6.07 Å². The van der Waals surface area contributed by atoms with Crippen molar-refractivity contribution in [1.29, 1.82) is 0 Å². The van der Waals surface area contributed by atoms with Gasteiger partial charge in [-0.3, -0.25) is 0 Å². The second-order valence-corrected chi connectivity index (χ2v) is 4.06. The van der Waals surface area contributed by atoms with Crippen molar-refractivity contribution in [1.82, 2.24) is 0 Å². The molecule has 0 spiro atoms. The van der Waals surface area contributed by atoms with Crippen LogP contribution in [0.1, 0.15) is 18.4 Å². The summed E-state index contributed by atoms with van der Waals surface area (Å²) in [6.45, 7) is 2.88. The quantitative estimate of drug-likeness (QED) is 0.704. The van der Waals surface area contributed by atoms with E-state index in [1.807, 2.05) is 26.1 Å². The molecule has 76 valence electrons. The van der Waals surface area contributed by atoms with Crippen LogP contribution in [0, 0.1) is 0 Å². The highest BCUT2D eigenvalue weighted by Crippen LogP contribution is 2.41. The molecule has 1 aromatic carbocycles. The van der Waals surface area contributed by atoms with Crippen LogP contribution in [0.2, 0.25) is 0 Å². The lowest BCUT2D eigenvalue weighted by atomic mass is 9.94. The van der Waals surface area contributed by atoms with E-state index in [-0.39, 0.29) is 12.0 Å². The number of hydrogen-bond acceptors (Lipinski definition) is 3. The van der Waals surface area contributed by atoms with Crippen LogP contribution >= 0.6 is 0 Å². The molecule has 3 heteroatoms. The van der Waals surface area contributed by atoms with Gasteiger partial charge >= 0.3 is 0 Å². The zero-order chi connectivity index (χ0) is 10.3. The average molecular weight is 192 g/mol. The van der Waals surface area contributed by atoms with Gasteiger partial charge in [0.2, 0.25) is 0 Å². The van der Waals surface area contributed by atoms with Gasteiger partial charge in [-0.15, -0.1) is 0 Å². The molecule has 1 aliphatic heterocycles. The first-order valence-corrected chi connectivity index (χ1v) is 4.90. The summed E-state index contributed by atoms with van der Waals surface area (Å²) in [6.07, 6.45) is 0. The molecule has 1 aromatic rings. The Morgan fingerprint density at radius 1 is 1.57 bits per heavy atom. The number of nitrogens with zero attached hydrogens (tertiary/aromatic N) is 1. The fourth-order valence-electron chi connectivity index (χ4n) is 2.17. The van der Waals surface area contributed by atoms with Crippen molar-refractivity contribution in [2.75, 3.05) is 18.5 Å². The van der Waals surface area contributed by atoms with Gasteiger partial charge in [0.1, 0.15) is 5.75 Å². The van der Waals surface area contributed by atoms with Crippen LogP contribution in [0.15, 0.2) is 18.2 Å². The second kappa shape index (κ2) is 3.17. The fourth-order valence-corrected chi connectivity index (χ4v) is 2.17. The molecule has 0 radical (unpaired) electrons. The standard InChI is InChI=1S/C11H16N2O/c1-7(12)8-6-13(2)9-4-3-5-10(14)11(8)9/h3-5,7-8,14H,6,12H2,1-2H3. The molecule has 0 saturated heterocycles. The lowest BCUT2D eigenvalue weighted by Crippen LogP contribution is -2.28. The Morgan fingerprint density at radius 2 is 2.29 bits per heavy atom. The summed E-state index contributed by atoms with van der Waals surface area (Å²) in [4.78, 5) is 2.14. The molecule has 1 aliphatic rings. The number of likely N-dealkylation sites (N-methyl/N-ethyl adjacent to an activating group) is 1. The summed E-state index contributed by atoms with van der Waals surface area (Å²) in [5, 5.41) is 9.79. The molecule has 2 unspecified atom stereocenters. The number of benzene rings is 1. The van der Waals surface area contributed by atoms with E-state index in [4.69, 9.17) is 5.73 Å². The third-order valence-electron chi connectivity index (χ3n) is 2.95. The van der Waals surface area contributed by atoms with Crippen molar-refractivity contribution in [2.45, 2.75) is 18.9 Å². The average Bonchev–Trinajstić information content (AvgIpc) is 2.46. The largest absolute Gasteiger partial charge is 0.508 e. The van der Waals surface area contributed by atoms with Gasteiger partial charge in [-0.25, -0.2) is 0 Å². The normalized spacial score (nSPS) is 22.2. The number of anilines is 1. The molecule has 3 nitrogen and oxygen atoms in total. The Morgan fingerprint density at radius 3 is 2.93 bits per heavy atom. The molecule has 0 fully saturated rings. The lowest BCUT2D eigenvalue weighted by molar-refractivity contribution is 0.458. The first kappa shape index (κ1) is 9.34. The molecule has 0 amide bonds. The number of hydrogen-bond donors (Lipinski definition) is 2. The molecule has 3 N–H and O–H groups in total. The minimum atomic E-state index is 0.0759. The monoisotopic (exact) mass is 192 g/mol. The Kier molecular flexibility index (Phi) is 2.11. The fraction of sp³-hybridized carbons (Fsp3) is 0.455. The summed E-state index contributed by atoms with van der Waals surface area (Å²) in [6, 6.07) is 5.70. The first-order valence-electron chi connectivity index (χ1n) is 4.90. The summed E-state index contributed by atoms with van der Waals surface area (Å²) in [5.41, 5.74) is 8.01. The Bertz CT molecular complexity index is 349. The summed E-state index contributed by atoms with van der Waals surface area (Å²) in [5.74, 6) is 0.616. The summed E-state index contributed by atoms with van der Waals surface area (Å²) in [7, 11) is 2.03. The Labute approximate surface area is 84.1 Å². The van der Waals surface area contributed by atoms with E-state index in [1.165, 1.54) is 0 Å². The van der Waals surface area contributed by atoms with E-state index in [2.05, 4.69) is 4.90 Å². The first-order chi connectivity index (χ1) is 6.61. The molecule has 2 rings (SSSR count). The van der Waals surface area contributed by atoms with E-state index in [9.17, 15) is 5.11 Å². The van der Waals surface area contributed by atoms with Crippen LogP contribution in [0.3, 0.4) is 0 Å². The van der Waals surface area contributed by atoms with Crippen LogP contribution in [0.4, 0.5) is 5.69 Å². The molecule has 0 aliphatic carbocycles. The van der Waals surface area contributed by atoms with Crippen molar-refractivity contribution in [3.05, 3.63) is 23.8 Å². The number of phenolic OH excluding ortho intramolecular Hbond substituents is 1. The molecular weight excluding hydrogens is 176 g/mol. The van der Waals surface area contributed by atoms with Gasteiger partial charge in [0.25, 0.3) is 0 Å². The van der Waals surface area contributed by atoms with Crippen molar-refractivity contribution in [3.63, 3.8) is 0 Å². The van der Waals surface area contributed by atoms with Gasteiger partial charge in [-0.1, -0.05) is 6.07 Å². The predicted molar refractivity (Wildman–Crippen MR) is 57.8 cm³/mol. The SMILES string of the molecule is CC(N)C1CN(C)c2cccc(O)c21. The third-order valence-corrected chi connectivity index (χ3v) is 2.95. The van der Waals surface area contributed by atoms with Crippen molar-refractivity contribution >= 4 is 5.69 Å². The highest BCUT2D eigenvalue weighted by atomic mass is 16.3. The van der Waals surface area contributed by atoms with Gasteiger partial charge in [0.05, 0.1) is 0 Å². The highest BCUT2D eigenvalue weighted by Gasteiger charge is 2.31.